The predicted molar refractivity (Wildman–Crippen MR) is 93.2 cm³/mol. The molecule has 0 fully saturated rings. The second kappa shape index (κ2) is 7.48. The molecule has 7 heteroatoms. The third kappa shape index (κ3) is 4.35. The summed E-state index contributed by atoms with van der Waals surface area (Å²) in [6, 6.07) is 13.4. The number of ether oxygens (including phenoxy) is 2. The van der Waals surface area contributed by atoms with Crippen molar-refractivity contribution in [3.8, 4) is 17.4 Å². The fraction of sp³-hybridized carbons (Fsp3) is 0.111. The summed E-state index contributed by atoms with van der Waals surface area (Å²) in [5.41, 5.74) is 6.89. The van der Waals surface area contributed by atoms with Crippen LogP contribution in [0.25, 0.3) is 0 Å². The van der Waals surface area contributed by atoms with Crippen LogP contribution in [0.3, 0.4) is 0 Å². The SMILES string of the molecule is COc1ccc(CNc2nccc(Oc3ccc(N)cc3F)n2)cc1. The predicted octanol–water partition coefficient (Wildman–Crippen LogP) is 3.61. The first-order chi connectivity index (χ1) is 12.1. The third-order valence-electron chi connectivity index (χ3n) is 3.41. The summed E-state index contributed by atoms with van der Waals surface area (Å²) in [6.45, 7) is 0.531. The van der Waals surface area contributed by atoms with Crippen LogP contribution in [0.4, 0.5) is 16.0 Å². The van der Waals surface area contributed by atoms with Gasteiger partial charge in [0.25, 0.3) is 0 Å². The van der Waals surface area contributed by atoms with Crippen LogP contribution < -0.4 is 20.5 Å². The Hall–Kier alpha value is -3.35. The van der Waals surface area contributed by atoms with E-state index in [1.165, 1.54) is 18.3 Å². The Kier molecular flexibility index (Phi) is 4.94. The maximum atomic E-state index is 13.8. The Balaban J connectivity index is 1.66. The number of hydrogen-bond donors (Lipinski definition) is 2. The summed E-state index contributed by atoms with van der Waals surface area (Å²) in [5.74, 6) is 0.904. The summed E-state index contributed by atoms with van der Waals surface area (Å²) < 4.78 is 24.4. The molecule has 6 nitrogen and oxygen atoms in total. The van der Waals surface area contributed by atoms with E-state index < -0.39 is 5.82 Å². The average Bonchev–Trinajstić information content (AvgIpc) is 2.63. The number of anilines is 2. The first-order valence-corrected chi connectivity index (χ1v) is 7.57. The standard InChI is InChI=1S/C18H17FN4O2/c1-24-14-5-2-12(3-6-14)11-22-18-21-9-8-17(23-18)25-16-7-4-13(20)10-15(16)19/h2-10H,11,20H2,1H3,(H,21,22,23). The number of benzene rings is 2. The zero-order valence-electron chi connectivity index (χ0n) is 13.6. The van der Waals surface area contributed by atoms with E-state index in [4.69, 9.17) is 15.2 Å². The van der Waals surface area contributed by atoms with Crippen molar-refractivity contribution in [3.05, 3.63) is 66.1 Å². The molecule has 0 atom stereocenters. The molecule has 2 aromatic carbocycles. The van der Waals surface area contributed by atoms with Gasteiger partial charge in [0.2, 0.25) is 11.8 Å². The van der Waals surface area contributed by atoms with Crippen LogP contribution in [-0.2, 0) is 6.54 Å². The number of halogens is 1. The highest BCUT2D eigenvalue weighted by atomic mass is 19.1. The van der Waals surface area contributed by atoms with Gasteiger partial charge in [-0.1, -0.05) is 12.1 Å². The fourth-order valence-corrected chi connectivity index (χ4v) is 2.12. The average molecular weight is 340 g/mol. The van der Waals surface area contributed by atoms with Gasteiger partial charge in [-0.2, -0.15) is 4.98 Å². The molecule has 1 heterocycles. The van der Waals surface area contributed by atoms with Gasteiger partial charge in [0.05, 0.1) is 7.11 Å². The lowest BCUT2D eigenvalue weighted by Crippen LogP contribution is -2.04. The van der Waals surface area contributed by atoms with E-state index in [0.717, 1.165) is 11.3 Å². The van der Waals surface area contributed by atoms with E-state index in [0.29, 0.717) is 18.2 Å². The van der Waals surface area contributed by atoms with Gasteiger partial charge in [-0.3, -0.25) is 0 Å². The molecule has 0 saturated carbocycles. The normalized spacial score (nSPS) is 10.3. The minimum atomic E-state index is -0.550. The third-order valence-corrected chi connectivity index (χ3v) is 3.41. The lowest BCUT2D eigenvalue weighted by atomic mass is 10.2. The highest BCUT2D eigenvalue weighted by Gasteiger charge is 2.07. The van der Waals surface area contributed by atoms with Crippen LogP contribution >= 0.6 is 0 Å². The van der Waals surface area contributed by atoms with Gasteiger partial charge in [-0.05, 0) is 29.8 Å². The van der Waals surface area contributed by atoms with Gasteiger partial charge in [-0.15, -0.1) is 0 Å². The minimum Gasteiger partial charge on any atom is -0.497 e. The van der Waals surface area contributed by atoms with Crippen LogP contribution in [-0.4, -0.2) is 17.1 Å². The van der Waals surface area contributed by atoms with Crippen LogP contribution in [0, 0.1) is 5.82 Å². The Morgan fingerprint density at radius 2 is 1.92 bits per heavy atom. The molecule has 0 bridgehead atoms. The number of nitrogens with zero attached hydrogens (tertiary/aromatic N) is 2. The lowest BCUT2D eigenvalue weighted by molar-refractivity contribution is 0.414. The zero-order chi connectivity index (χ0) is 17.6. The van der Waals surface area contributed by atoms with Crippen molar-refractivity contribution in [2.45, 2.75) is 6.54 Å². The molecule has 0 amide bonds. The second-order valence-electron chi connectivity index (χ2n) is 5.21. The number of nitrogen functional groups attached to an aromatic ring is 1. The monoisotopic (exact) mass is 340 g/mol. The molecule has 0 unspecified atom stereocenters. The van der Waals surface area contributed by atoms with Crippen molar-refractivity contribution in [2.75, 3.05) is 18.2 Å². The Bertz CT molecular complexity index is 856. The molecule has 3 N–H and O–H groups in total. The van der Waals surface area contributed by atoms with E-state index in [1.54, 1.807) is 19.2 Å². The first-order valence-electron chi connectivity index (χ1n) is 7.57. The molecule has 3 rings (SSSR count). The number of nitrogens with two attached hydrogens (primary N) is 1. The van der Waals surface area contributed by atoms with E-state index >= 15 is 0 Å². The van der Waals surface area contributed by atoms with E-state index in [1.807, 2.05) is 24.3 Å². The highest BCUT2D eigenvalue weighted by molar-refractivity contribution is 5.44. The summed E-state index contributed by atoms with van der Waals surface area (Å²) in [6.07, 6.45) is 1.54. The van der Waals surface area contributed by atoms with E-state index in [-0.39, 0.29) is 11.6 Å². The zero-order valence-corrected chi connectivity index (χ0v) is 13.6. The van der Waals surface area contributed by atoms with Crippen molar-refractivity contribution in [1.82, 2.24) is 9.97 Å². The molecule has 0 radical (unpaired) electrons. The lowest BCUT2D eigenvalue weighted by Gasteiger charge is -2.09. The van der Waals surface area contributed by atoms with Crippen molar-refractivity contribution < 1.29 is 13.9 Å². The molecule has 0 saturated heterocycles. The van der Waals surface area contributed by atoms with E-state index in [2.05, 4.69) is 15.3 Å². The minimum absolute atomic E-state index is 0.0500. The van der Waals surface area contributed by atoms with Crippen LogP contribution in [0.1, 0.15) is 5.56 Å². The molecular weight excluding hydrogens is 323 g/mol. The van der Waals surface area contributed by atoms with Gasteiger partial charge in [0.15, 0.2) is 11.6 Å². The smallest absolute Gasteiger partial charge is 0.226 e. The molecule has 1 aromatic heterocycles. The number of nitrogens with one attached hydrogen (secondary N) is 1. The van der Waals surface area contributed by atoms with Crippen LogP contribution in [0.5, 0.6) is 17.4 Å². The molecule has 3 aromatic rings. The summed E-state index contributed by atoms with van der Waals surface area (Å²) in [7, 11) is 1.62. The van der Waals surface area contributed by atoms with Crippen LogP contribution in [0.2, 0.25) is 0 Å². The van der Waals surface area contributed by atoms with Crippen molar-refractivity contribution in [3.63, 3.8) is 0 Å². The Labute approximate surface area is 144 Å². The highest BCUT2D eigenvalue weighted by Crippen LogP contribution is 2.25. The first kappa shape index (κ1) is 16.5. The Morgan fingerprint density at radius 1 is 1.12 bits per heavy atom. The molecular formula is C18H17FN4O2. The summed E-state index contributed by atoms with van der Waals surface area (Å²) >= 11 is 0. The second-order valence-corrected chi connectivity index (χ2v) is 5.21. The number of aromatic nitrogens is 2. The molecule has 0 aliphatic rings. The van der Waals surface area contributed by atoms with Gasteiger partial charge in [0.1, 0.15) is 5.75 Å². The molecule has 0 aliphatic heterocycles. The van der Waals surface area contributed by atoms with Gasteiger partial charge in [-0.25, -0.2) is 9.37 Å². The van der Waals surface area contributed by atoms with Crippen molar-refractivity contribution >= 4 is 11.6 Å². The van der Waals surface area contributed by atoms with Gasteiger partial charge < -0.3 is 20.5 Å². The largest absolute Gasteiger partial charge is 0.497 e. The van der Waals surface area contributed by atoms with Crippen molar-refractivity contribution in [1.29, 1.82) is 0 Å². The summed E-state index contributed by atoms with van der Waals surface area (Å²) in [5, 5.41) is 3.09. The number of hydrogen-bond acceptors (Lipinski definition) is 6. The fourth-order valence-electron chi connectivity index (χ4n) is 2.12. The van der Waals surface area contributed by atoms with Gasteiger partial charge in [0, 0.05) is 30.6 Å². The van der Waals surface area contributed by atoms with Crippen LogP contribution in [0.15, 0.2) is 54.7 Å². The van der Waals surface area contributed by atoms with Crippen molar-refractivity contribution in [2.24, 2.45) is 0 Å². The molecule has 25 heavy (non-hydrogen) atoms. The maximum Gasteiger partial charge on any atom is 0.226 e. The number of methoxy groups -OCH3 is 1. The maximum absolute atomic E-state index is 13.8. The summed E-state index contributed by atoms with van der Waals surface area (Å²) in [4.78, 5) is 8.34. The number of rotatable bonds is 6. The quantitative estimate of drug-likeness (QED) is 0.667. The topological polar surface area (TPSA) is 82.3 Å². The molecule has 0 spiro atoms. The van der Waals surface area contributed by atoms with E-state index in [9.17, 15) is 4.39 Å². The van der Waals surface area contributed by atoms with Gasteiger partial charge >= 0.3 is 0 Å². The Morgan fingerprint density at radius 3 is 2.64 bits per heavy atom. The molecule has 128 valence electrons. The molecule has 0 aliphatic carbocycles.